The number of halogens is 2. The molecule has 0 bridgehead atoms. The molecule has 0 aliphatic rings. The highest BCUT2D eigenvalue weighted by atomic mass is 79.9. The van der Waals surface area contributed by atoms with Gasteiger partial charge in [-0.2, -0.15) is 0 Å². The summed E-state index contributed by atoms with van der Waals surface area (Å²) in [4.78, 5) is 7.58. The molecular weight excluding hydrogens is 264 g/mol. The normalized spacial score (nSPS) is 15.2. The van der Waals surface area contributed by atoms with Gasteiger partial charge in [0, 0.05) is 0 Å². The summed E-state index contributed by atoms with van der Waals surface area (Å²) in [5.74, 6) is -0.0526. The number of rotatable bonds is 1. The molecule has 0 saturated heterocycles. The van der Waals surface area contributed by atoms with Gasteiger partial charge in [0.05, 0.1) is 17.3 Å². The van der Waals surface area contributed by atoms with Crippen molar-refractivity contribution in [2.24, 2.45) is 0 Å². The van der Waals surface area contributed by atoms with Crippen LogP contribution >= 0.6 is 31.9 Å². The standard InChI is InChI=1S/C5H4Br2N2O/c1-10-5-4(7)9-3(6)2-8-5/h2H,1H3/i1D3. The van der Waals surface area contributed by atoms with Crippen molar-refractivity contribution < 1.29 is 8.85 Å². The fraction of sp³-hybridized carbons (Fsp3) is 0.200. The number of ether oxygens (including phenoxy) is 1. The lowest BCUT2D eigenvalue weighted by atomic mass is 10.7. The van der Waals surface area contributed by atoms with Gasteiger partial charge < -0.3 is 4.74 Å². The molecule has 54 valence electrons. The zero-order valence-electron chi connectivity index (χ0n) is 7.64. The Balaban J connectivity index is 2.90. The topological polar surface area (TPSA) is 35.0 Å². The van der Waals surface area contributed by atoms with Crippen LogP contribution in [0.2, 0.25) is 0 Å². The van der Waals surface area contributed by atoms with E-state index in [1.54, 1.807) is 0 Å². The first kappa shape index (κ1) is 4.66. The van der Waals surface area contributed by atoms with Gasteiger partial charge in [0.1, 0.15) is 4.60 Å². The molecule has 1 heterocycles. The van der Waals surface area contributed by atoms with Crippen LogP contribution in [-0.4, -0.2) is 17.0 Å². The molecule has 1 rings (SSSR count). The summed E-state index contributed by atoms with van der Waals surface area (Å²) >= 11 is 6.10. The van der Waals surface area contributed by atoms with Gasteiger partial charge in [0.2, 0.25) is 5.88 Å². The zero-order chi connectivity index (χ0) is 10.1. The van der Waals surface area contributed by atoms with Gasteiger partial charge in [-0.3, -0.25) is 0 Å². The molecule has 0 amide bonds. The summed E-state index contributed by atoms with van der Waals surface area (Å²) in [7, 11) is -2.51. The molecule has 1 aromatic heterocycles. The Labute approximate surface area is 79.3 Å². The predicted octanol–water partition coefficient (Wildman–Crippen LogP) is 2.01. The van der Waals surface area contributed by atoms with E-state index in [4.69, 9.17) is 4.11 Å². The first-order chi connectivity index (χ1) is 5.88. The molecule has 0 fully saturated rings. The van der Waals surface area contributed by atoms with Crippen LogP contribution in [0.4, 0.5) is 0 Å². The zero-order valence-corrected chi connectivity index (χ0v) is 7.81. The quantitative estimate of drug-likeness (QED) is 0.783. The third kappa shape index (κ3) is 1.67. The molecule has 0 aromatic carbocycles. The first-order valence-electron chi connectivity index (χ1n) is 3.75. The van der Waals surface area contributed by atoms with Gasteiger partial charge in [-0.05, 0) is 31.9 Å². The maximum Gasteiger partial charge on any atom is 0.247 e. The minimum Gasteiger partial charge on any atom is -0.479 e. The van der Waals surface area contributed by atoms with Gasteiger partial charge >= 0.3 is 0 Å². The van der Waals surface area contributed by atoms with E-state index in [2.05, 4.69) is 46.6 Å². The van der Waals surface area contributed by atoms with Crippen LogP contribution in [-0.2, 0) is 0 Å². The van der Waals surface area contributed by atoms with Crippen LogP contribution in [0.3, 0.4) is 0 Å². The van der Waals surface area contributed by atoms with Crippen molar-refractivity contribution >= 4 is 31.9 Å². The van der Waals surface area contributed by atoms with Crippen molar-refractivity contribution in [1.29, 1.82) is 0 Å². The van der Waals surface area contributed by atoms with Crippen molar-refractivity contribution in [1.82, 2.24) is 9.97 Å². The lowest BCUT2D eigenvalue weighted by Crippen LogP contribution is -1.90. The van der Waals surface area contributed by atoms with Gasteiger partial charge in [-0.1, -0.05) is 0 Å². The highest BCUT2D eigenvalue weighted by molar-refractivity contribution is 9.11. The Morgan fingerprint density at radius 3 is 3.10 bits per heavy atom. The Bertz CT molecular complexity index is 317. The third-order valence-corrected chi connectivity index (χ3v) is 1.67. The molecule has 1 aromatic rings. The van der Waals surface area contributed by atoms with Crippen LogP contribution in [0.5, 0.6) is 5.88 Å². The summed E-state index contributed by atoms with van der Waals surface area (Å²) < 4.78 is 25.8. The molecule has 0 saturated carbocycles. The Morgan fingerprint density at radius 1 is 1.70 bits per heavy atom. The molecule has 0 N–H and O–H groups in total. The fourth-order valence-corrected chi connectivity index (χ4v) is 1.30. The highest BCUT2D eigenvalue weighted by Crippen LogP contribution is 2.20. The summed E-state index contributed by atoms with van der Waals surface area (Å²) in [6.07, 6.45) is 1.35. The summed E-state index contributed by atoms with van der Waals surface area (Å²) in [5.41, 5.74) is 0. The third-order valence-electron chi connectivity index (χ3n) is 0.766. The number of hydrogen-bond donors (Lipinski definition) is 0. The van der Waals surface area contributed by atoms with Gasteiger partial charge in [0.15, 0.2) is 4.60 Å². The number of hydrogen-bond acceptors (Lipinski definition) is 3. The Hall–Kier alpha value is -0.160. The van der Waals surface area contributed by atoms with E-state index in [1.165, 1.54) is 6.20 Å². The lowest BCUT2D eigenvalue weighted by molar-refractivity contribution is 0.392. The second kappa shape index (κ2) is 3.30. The van der Waals surface area contributed by atoms with E-state index in [0.29, 0.717) is 4.60 Å². The molecule has 5 heteroatoms. The fourth-order valence-electron chi connectivity index (χ4n) is 0.404. The maximum atomic E-state index is 6.83. The van der Waals surface area contributed by atoms with E-state index in [1.807, 2.05) is 0 Å². The number of methoxy groups -OCH3 is 1. The SMILES string of the molecule is [2H]C([2H])([2H])Oc1ncc(Br)nc1Br. The van der Waals surface area contributed by atoms with E-state index >= 15 is 0 Å². The van der Waals surface area contributed by atoms with Crippen molar-refractivity contribution in [3.8, 4) is 5.88 Å². The average Bonchev–Trinajstić information content (AvgIpc) is 1.93. The second-order valence-electron chi connectivity index (χ2n) is 1.39. The average molecular weight is 271 g/mol. The highest BCUT2D eigenvalue weighted by Gasteiger charge is 2.01. The van der Waals surface area contributed by atoms with E-state index in [-0.39, 0.29) is 10.5 Å². The summed E-state index contributed by atoms with van der Waals surface area (Å²) in [6, 6.07) is 0. The van der Waals surface area contributed by atoms with Crippen LogP contribution in [0.15, 0.2) is 15.4 Å². The number of aromatic nitrogens is 2. The molecule has 0 atom stereocenters. The maximum absolute atomic E-state index is 6.83. The van der Waals surface area contributed by atoms with Crippen molar-refractivity contribution in [2.75, 3.05) is 7.04 Å². The smallest absolute Gasteiger partial charge is 0.247 e. The minimum atomic E-state index is -2.51. The summed E-state index contributed by atoms with van der Waals surface area (Å²) in [6.45, 7) is 0. The summed E-state index contributed by atoms with van der Waals surface area (Å²) in [5, 5.41) is 0. The second-order valence-corrected chi connectivity index (χ2v) is 2.95. The van der Waals surface area contributed by atoms with Crippen molar-refractivity contribution in [3.63, 3.8) is 0 Å². The van der Waals surface area contributed by atoms with E-state index in [0.717, 1.165) is 0 Å². The minimum absolute atomic E-state index is 0.0526. The molecule has 10 heavy (non-hydrogen) atoms. The van der Waals surface area contributed by atoms with Crippen LogP contribution < -0.4 is 4.74 Å². The molecular formula is C5H4Br2N2O. The molecule has 0 aliphatic carbocycles. The molecule has 0 unspecified atom stereocenters. The van der Waals surface area contributed by atoms with Gasteiger partial charge in [-0.15, -0.1) is 0 Å². The van der Waals surface area contributed by atoms with E-state index in [9.17, 15) is 0 Å². The number of nitrogens with zero attached hydrogens (tertiary/aromatic N) is 2. The van der Waals surface area contributed by atoms with Crippen LogP contribution in [0.25, 0.3) is 0 Å². The largest absolute Gasteiger partial charge is 0.479 e. The van der Waals surface area contributed by atoms with Crippen LogP contribution in [0.1, 0.15) is 4.11 Å². The van der Waals surface area contributed by atoms with Crippen molar-refractivity contribution in [3.05, 3.63) is 15.4 Å². The Kier molecular flexibility index (Phi) is 1.54. The van der Waals surface area contributed by atoms with Gasteiger partial charge in [0.25, 0.3) is 0 Å². The molecule has 0 aliphatic heterocycles. The van der Waals surface area contributed by atoms with Crippen molar-refractivity contribution in [2.45, 2.75) is 0 Å². The molecule has 0 radical (unpaired) electrons. The Morgan fingerprint density at radius 2 is 2.50 bits per heavy atom. The van der Waals surface area contributed by atoms with Gasteiger partial charge in [-0.25, -0.2) is 9.97 Å². The first-order valence-corrected chi connectivity index (χ1v) is 3.84. The van der Waals surface area contributed by atoms with Crippen LogP contribution in [0, 0.1) is 0 Å². The monoisotopic (exact) mass is 269 g/mol. The molecule has 0 spiro atoms. The lowest BCUT2D eigenvalue weighted by Gasteiger charge is -1.98. The molecule has 3 nitrogen and oxygen atoms in total. The van der Waals surface area contributed by atoms with E-state index < -0.39 is 7.04 Å². The predicted molar refractivity (Wildman–Crippen MR) is 44.0 cm³/mol.